The third-order valence-corrected chi connectivity index (χ3v) is 6.33. The smallest absolute Gasteiger partial charge is 0.257 e. The zero-order valence-corrected chi connectivity index (χ0v) is 21.0. The van der Waals surface area contributed by atoms with E-state index in [1.165, 1.54) is 0 Å². The number of ether oxygens (including phenoxy) is 1. The SMILES string of the molecule is CCOc1cccc(C(=O)Nc2n[nH]c3ccc(NC(=O)C(CCN)c4ccc(Cl)c(Cl)c4)cc23)c1. The topological polar surface area (TPSA) is 122 Å². The van der Waals surface area contributed by atoms with Crippen LogP contribution < -0.4 is 21.1 Å². The van der Waals surface area contributed by atoms with Gasteiger partial charge in [0.15, 0.2) is 5.82 Å². The van der Waals surface area contributed by atoms with E-state index >= 15 is 0 Å². The number of aromatic amines is 1. The van der Waals surface area contributed by atoms with E-state index in [4.69, 9.17) is 33.7 Å². The molecular formula is C26H25Cl2N5O3. The van der Waals surface area contributed by atoms with Crippen molar-refractivity contribution in [1.82, 2.24) is 10.2 Å². The van der Waals surface area contributed by atoms with E-state index in [-0.39, 0.29) is 11.8 Å². The van der Waals surface area contributed by atoms with Crippen molar-refractivity contribution in [2.24, 2.45) is 5.73 Å². The standard InChI is InChI=1S/C26H25Cl2N5O3/c1-2-36-18-5-3-4-16(12-18)25(34)31-24-20-14-17(7-9-23(20)32-33-24)30-26(35)19(10-11-29)15-6-8-21(27)22(28)13-15/h3-9,12-14,19H,2,10-11,29H2,1H3,(H,30,35)(H2,31,32,33,34). The van der Waals surface area contributed by atoms with Gasteiger partial charge >= 0.3 is 0 Å². The fraction of sp³-hybridized carbons (Fsp3) is 0.192. The van der Waals surface area contributed by atoms with Gasteiger partial charge in [-0.15, -0.1) is 0 Å². The van der Waals surface area contributed by atoms with Crippen LogP contribution in [0.3, 0.4) is 0 Å². The highest BCUT2D eigenvalue weighted by molar-refractivity contribution is 6.42. The van der Waals surface area contributed by atoms with Crippen molar-refractivity contribution >= 4 is 57.4 Å². The number of benzene rings is 3. The lowest BCUT2D eigenvalue weighted by Crippen LogP contribution is -2.23. The summed E-state index contributed by atoms with van der Waals surface area (Å²) in [4.78, 5) is 26.0. The highest BCUT2D eigenvalue weighted by Gasteiger charge is 2.21. The van der Waals surface area contributed by atoms with Crippen molar-refractivity contribution in [2.45, 2.75) is 19.3 Å². The fourth-order valence-electron chi connectivity index (χ4n) is 3.83. The van der Waals surface area contributed by atoms with Crippen LogP contribution in [0, 0.1) is 0 Å². The van der Waals surface area contributed by atoms with Crippen molar-refractivity contribution in [2.75, 3.05) is 23.8 Å². The molecule has 186 valence electrons. The summed E-state index contributed by atoms with van der Waals surface area (Å²) in [6, 6.07) is 17.3. The predicted octanol–water partition coefficient (Wildman–Crippen LogP) is 5.59. The minimum Gasteiger partial charge on any atom is -0.494 e. The first-order valence-corrected chi connectivity index (χ1v) is 12.1. The number of nitrogens with one attached hydrogen (secondary N) is 3. The van der Waals surface area contributed by atoms with Crippen molar-refractivity contribution in [1.29, 1.82) is 0 Å². The lowest BCUT2D eigenvalue weighted by molar-refractivity contribution is -0.117. The van der Waals surface area contributed by atoms with Crippen LogP contribution in [0.1, 0.15) is 35.2 Å². The van der Waals surface area contributed by atoms with Gasteiger partial charge in [0, 0.05) is 16.6 Å². The number of rotatable bonds is 9. The van der Waals surface area contributed by atoms with Gasteiger partial charge in [-0.05, 0) is 74.0 Å². The zero-order chi connectivity index (χ0) is 25.7. The molecular weight excluding hydrogens is 501 g/mol. The van der Waals surface area contributed by atoms with E-state index in [1.54, 1.807) is 60.7 Å². The number of halogens is 2. The number of nitrogens with two attached hydrogens (primary N) is 1. The number of fused-ring (bicyclic) bond motifs is 1. The van der Waals surface area contributed by atoms with Crippen LogP contribution in [-0.2, 0) is 4.79 Å². The average molecular weight is 526 g/mol. The van der Waals surface area contributed by atoms with Gasteiger partial charge in [-0.2, -0.15) is 5.10 Å². The molecule has 3 aromatic carbocycles. The molecule has 2 amide bonds. The average Bonchev–Trinajstić information content (AvgIpc) is 3.26. The van der Waals surface area contributed by atoms with E-state index in [0.717, 1.165) is 5.56 Å². The number of hydrogen-bond acceptors (Lipinski definition) is 5. The van der Waals surface area contributed by atoms with Gasteiger partial charge in [0.1, 0.15) is 5.75 Å². The molecule has 0 aliphatic rings. The van der Waals surface area contributed by atoms with Crippen LogP contribution in [0.2, 0.25) is 10.0 Å². The third kappa shape index (κ3) is 5.79. The Hall–Kier alpha value is -3.59. The number of hydrogen-bond donors (Lipinski definition) is 4. The first kappa shape index (κ1) is 25.5. The number of anilines is 2. The maximum absolute atomic E-state index is 13.2. The van der Waals surface area contributed by atoms with Gasteiger partial charge in [0.2, 0.25) is 5.91 Å². The largest absolute Gasteiger partial charge is 0.494 e. The minimum absolute atomic E-state index is 0.236. The molecule has 8 nitrogen and oxygen atoms in total. The van der Waals surface area contributed by atoms with E-state index in [1.807, 2.05) is 6.92 Å². The molecule has 1 heterocycles. The number of carbonyl (C=O) groups excluding carboxylic acids is 2. The molecule has 0 aliphatic heterocycles. The molecule has 0 aliphatic carbocycles. The number of nitrogens with zero attached hydrogens (tertiary/aromatic N) is 1. The molecule has 5 N–H and O–H groups in total. The molecule has 1 unspecified atom stereocenters. The summed E-state index contributed by atoms with van der Waals surface area (Å²) in [5, 5.41) is 14.3. The normalized spacial score (nSPS) is 11.8. The highest BCUT2D eigenvalue weighted by atomic mass is 35.5. The molecule has 36 heavy (non-hydrogen) atoms. The van der Waals surface area contributed by atoms with E-state index in [0.29, 0.717) is 63.3 Å². The Morgan fingerprint density at radius 1 is 1.06 bits per heavy atom. The summed E-state index contributed by atoms with van der Waals surface area (Å²) < 4.78 is 5.47. The first-order valence-electron chi connectivity index (χ1n) is 11.4. The van der Waals surface area contributed by atoms with Crippen molar-refractivity contribution < 1.29 is 14.3 Å². The van der Waals surface area contributed by atoms with Crippen molar-refractivity contribution in [3.8, 4) is 5.75 Å². The second-order valence-electron chi connectivity index (χ2n) is 8.04. The van der Waals surface area contributed by atoms with E-state index < -0.39 is 5.92 Å². The van der Waals surface area contributed by atoms with Crippen LogP contribution in [0.5, 0.6) is 5.75 Å². The molecule has 10 heteroatoms. The molecule has 0 spiro atoms. The lowest BCUT2D eigenvalue weighted by atomic mass is 9.94. The minimum atomic E-state index is -0.512. The number of amides is 2. The van der Waals surface area contributed by atoms with Crippen molar-refractivity contribution in [3.05, 3.63) is 81.8 Å². The predicted molar refractivity (Wildman–Crippen MR) is 143 cm³/mol. The maximum Gasteiger partial charge on any atom is 0.257 e. The molecule has 0 radical (unpaired) electrons. The molecule has 0 saturated heterocycles. The highest BCUT2D eigenvalue weighted by Crippen LogP contribution is 2.30. The Labute approximate surface area is 218 Å². The van der Waals surface area contributed by atoms with Crippen LogP contribution >= 0.6 is 23.2 Å². The van der Waals surface area contributed by atoms with Gasteiger partial charge < -0.3 is 21.1 Å². The van der Waals surface area contributed by atoms with Crippen LogP contribution in [0.4, 0.5) is 11.5 Å². The van der Waals surface area contributed by atoms with Gasteiger partial charge in [-0.1, -0.05) is 35.3 Å². The van der Waals surface area contributed by atoms with Crippen LogP contribution in [0.15, 0.2) is 60.7 Å². The molecule has 0 fully saturated rings. The Morgan fingerprint density at radius 3 is 2.64 bits per heavy atom. The van der Waals surface area contributed by atoms with Gasteiger partial charge in [0.05, 0.1) is 28.1 Å². The molecule has 0 bridgehead atoms. The number of carbonyl (C=O) groups is 2. The lowest BCUT2D eigenvalue weighted by Gasteiger charge is -2.17. The van der Waals surface area contributed by atoms with Crippen LogP contribution in [-0.4, -0.2) is 35.2 Å². The molecule has 1 atom stereocenters. The summed E-state index contributed by atoms with van der Waals surface area (Å²) >= 11 is 12.2. The maximum atomic E-state index is 13.2. The van der Waals surface area contributed by atoms with Gasteiger partial charge in [-0.25, -0.2) is 0 Å². The summed E-state index contributed by atoms with van der Waals surface area (Å²) in [6.07, 6.45) is 0.430. The van der Waals surface area contributed by atoms with E-state index in [9.17, 15) is 9.59 Å². The van der Waals surface area contributed by atoms with Gasteiger partial charge in [0.25, 0.3) is 5.91 Å². The molecule has 4 aromatic rings. The zero-order valence-electron chi connectivity index (χ0n) is 19.5. The molecule has 1 aromatic heterocycles. The Morgan fingerprint density at radius 2 is 1.89 bits per heavy atom. The molecule has 4 rings (SSSR count). The van der Waals surface area contributed by atoms with E-state index in [2.05, 4.69) is 20.8 Å². The summed E-state index contributed by atoms with van der Waals surface area (Å²) in [6.45, 7) is 2.70. The Kier molecular flexibility index (Phi) is 8.10. The monoisotopic (exact) mass is 525 g/mol. The fourth-order valence-corrected chi connectivity index (χ4v) is 4.14. The molecule has 0 saturated carbocycles. The third-order valence-electron chi connectivity index (χ3n) is 5.59. The Bertz CT molecular complexity index is 1410. The van der Waals surface area contributed by atoms with Crippen molar-refractivity contribution in [3.63, 3.8) is 0 Å². The Balaban J connectivity index is 1.54. The summed E-state index contributed by atoms with van der Waals surface area (Å²) in [7, 11) is 0. The second kappa shape index (κ2) is 11.4. The number of H-pyrrole nitrogens is 1. The summed E-state index contributed by atoms with van der Waals surface area (Å²) in [5.41, 5.74) is 8.18. The quantitative estimate of drug-likeness (QED) is 0.227. The first-order chi connectivity index (χ1) is 17.4. The summed E-state index contributed by atoms with van der Waals surface area (Å²) in [5.74, 6) is -0.129. The number of aromatic nitrogens is 2. The second-order valence-corrected chi connectivity index (χ2v) is 8.85. The van der Waals surface area contributed by atoms with Crippen LogP contribution in [0.25, 0.3) is 10.9 Å². The van der Waals surface area contributed by atoms with Gasteiger partial charge in [-0.3, -0.25) is 14.7 Å².